The smallest absolute Gasteiger partial charge is 0.370 e. The molecular weight excluding hydrogens is 268 g/mol. The molecule has 20 heavy (non-hydrogen) atoms. The average Bonchev–Trinajstić information content (AvgIpc) is 2.48. The molecule has 0 spiro atoms. The molecule has 0 aliphatic carbocycles. The Morgan fingerprint density at radius 2 is 1.20 bits per heavy atom. The van der Waals surface area contributed by atoms with Crippen LogP contribution < -0.4 is 0 Å². The quantitative estimate of drug-likeness (QED) is 0.338. The number of allylic oxidation sites excluding steroid dienone is 1. The Labute approximate surface area is 127 Å². The van der Waals surface area contributed by atoms with E-state index >= 15 is 0 Å². The van der Waals surface area contributed by atoms with Crippen molar-refractivity contribution in [1.29, 1.82) is 0 Å². The number of rotatable bonds is 14. The Balaban J connectivity index is 4.56. The van der Waals surface area contributed by atoms with Crippen LogP contribution >= 0.6 is 0 Å². The Kier molecular flexibility index (Phi) is 13.7. The van der Waals surface area contributed by atoms with Crippen LogP contribution in [-0.4, -0.2) is 28.6 Å². The third-order valence-electron chi connectivity index (χ3n) is 2.82. The van der Waals surface area contributed by atoms with Crippen LogP contribution in [0, 0.1) is 0 Å². The van der Waals surface area contributed by atoms with Gasteiger partial charge in [0.25, 0.3) is 0 Å². The summed E-state index contributed by atoms with van der Waals surface area (Å²) in [6.07, 6.45) is 10.0. The minimum Gasteiger partial charge on any atom is -0.370 e. The predicted octanol–water partition coefficient (Wildman–Crippen LogP) is 4.88. The van der Waals surface area contributed by atoms with Crippen molar-refractivity contribution < 1.29 is 13.3 Å². The zero-order valence-corrected chi connectivity index (χ0v) is 15.0. The van der Waals surface area contributed by atoms with Gasteiger partial charge in [0, 0.05) is 19.8 Å². The highest BCUT2D eigenvalue weighted by Gasteiger charge is 2.37. The van der Waals surface area contributed by atoms with Crippen molar-refractivity contribution in [2.45, 2.75) is 72.6 Å². The lowest BCUT2D eigenvalue weighted by molar-refractivity contribution is 0.0715. The topological polar surface area (TPSA) is 27.7 Å². The molecule has 0 amide bonds. The van der Waals surface area contributed by atoms with Crippen LogP contribution in [0.2, 0.25) is 0 Å². The lowest BCUT2D eigenvalue weighted by atomic mass is 10.2. The van der Waals surface area contributed by atoms with Crippen LogP contribution in [0.4, 0.5) is 0 Å². The maximum Gasteiger partial charge on any atom is 0.529 e. The lowest BCUT2D eigenvalue weighted by Crippen LogP contribution is -2.45. The van der Waals surface area contributed by atoms with E-state index in [1.54, 1.807) is 0 Å². The van der Waals surface area contributed by atoms with Gasteiger partial charge in [0.15, 0.2) is 0 Å². The molecule has 0 radical (unpaired) electrons. The van der Waals surface area contributed by atoms with Crippen molar-refractivity contribution in [2.75, 3.05) is 19.8 Å². The van der Waals surface area contributed by atoms with Gasteiger partial charge in [0.2, 0.25) is 0 Å². The fraction of sp³-hybridized carbons (Fsp3) is 0.875. The van der Waals surface area contributed by atoms with E-state index in [-0.39, 0.29) is 0 Å². The first-order valence-corrected chi connectivity index (χ1v) is 10.1. The van der Waals surface area contributed by atoms with E-state index in [1.807, 2.05) is 0 Å². The molecule has 0 saturated heterocycles. The standard InChI is InChI=1S/C16H34O3Si/c1-5-9-10-11-12-16-20(17-13-6-2,18-14-7-3)19-15-8-4/h12,16H,5-11,13-15H2,1-4H3. The van der Waals surface area contributed by atoms with Crippen molar-refractivity contribution in [3.63, 3.8) is 0 Å². The van der Waals surface area contributed by atoms with Crippen molar-refractivity contribution in [1.82, 2.24) is 0 Å². The summed E-state index contributed by atoms with van der Waals surface area (Å²) in [7, 11) is -2.60. The monoisotopic (exact) mass is 302 g/mol. The summed E-state index contributed by atoms with van der Waals surface area (Å²) >= 11 is 0. The first-order valence-electron chi connectivity index (χ1n) is 8.34. The molecule has 0 aromatic heterocycles. The minimum absolute atomic E-state index is 0.707. The summed E-state index contributed by atoms with van der Waals surface area (Å²) in [6, 6.07) is 0. The van der Waals surface area contributed by atoms with E-state index in [4.69, 9.17) is 13.3 Å². The first-order chi connectivity index (χ1) is 9.74. The van der Waals surface area contributed by atoms with Crippen molar-refractivity contribution in [2.24, 2.45) is 0 Å². The van der Waals surface area contributed by atoms with Crippen LogP contribution in [0.1, 0.15) is 72.6 Å². The van der Waals surface area contributed by atoms with Gasteiger partial charge in [-0.25, -0.2) is 0 Å². The van der Waals surface area contributed by atoms with Gasteiger partial charge >= 0.3 is 8.80 Å². The molecule has 120 valence electrons. The first kappa shape index (κ1) is 19.8. The molecule has 0 aromatic rings. The van der Waals surface area contributed by atoms with Gasteiger partial charge in [0.1, 0.15) is 0 Å². The molecule has 0 unspecified atom stereocenters. The van der Waals surface area contributed by atoms with Crippen LogP contribution in [0.15, 0.2) is 11.8 Å². The minimum atomic E-state index is -2.60. The van der Waals surface area contributed by atoms with Crippen molar-refractivity contribution in [3.8, 4) is 0 Å². The summed E-state index contributed by atoms with van der Waals surface area (Å²) in [5.74, 6) is 0. The zero-order chi connectivity index (χ0) is 15.1. The summed E-state index contributed by atoms with van der Waals surface area (Å²) in [5.41, 5.74) is 2.10. The van der Waals surface area contributed by atoms with E-state index in [1.165, 1.54) is 19.3 Å². The highest BCUT2D eigenvalue weighted by Crippen LogP contribution is 2.15. The molecule has 0 aromatic carbocycles. The molecule has 4 heteroatoms. The fourth-order valence-corrected chi connectivity index (χ4v) is 4.20. The van der Waals surface area contributed by atoms with E-state index in [9.17, 15) is 0 Å². The van der Waals surface area contributed by atoms with Gasteiger partial charge in [0.05, 0.1) is 0 Å². The molecule has 0 rings (SSSR count). The third kappa shape index (κ3) is 9.70. The number of hydrogen-bond donors (Lipinski definition) is 0. The van der Waals surface area contributed by atoms with Gasteiger partial charge in [-0.1, -0.05) is 46.6 Å². The Hall–Kier alpha value is -0.163. The predicted molar refractivity (Wildman–Crippen MR) is 87.8 cm³/mol. The summed E-state index contributed by atoms with van der Waals surface area (Å²) in [5, 5.41) is 0. The number of hydrogen-bond acceptors (Lipinski definition) is 3. The van der Waals surface area contributed by atoms with Crippen LogP contribution in [0.3, 0.4) is 0 Å². The van der Waals surface area contributed by atoms with E-state index in [0.717, 1.165) is 25.7 Å². The van der Waals surface area contributed by atoms with Crippen LogP contribution in [0.5, 0.6) is 0 Å². The van der Waals surface area contributed by atoms with Gasteiger partial charge < -0.3 is 13.3 Å². The highest BCUT2D eigenvalue weighted by molar-refractivity contribution is 6.66. The van der Waals surface area contributed by atoms with E-state index < -0.39 is 8.80 Å². The van der Waals surface area contributed by atoms with Gasteiger partial charge in [-0.15, -0.1) is 0 Å². The maximum absolute atomic E-state index is 6.00. The average molecular weight is 303 g/mol. The normalized spacial score (nSPS) is 12.4. The van der Waals surface area contributed by atoms with Gasteiger partial charge in [-0.3, -0.25) is 0 Å². The number of unbranched alkanes of at least 4 members (excludes halogenated alkanes) is 3. The third-order valence-corrected chi connectivity index (χ3v) is 5.28. The molecule has 0 fully saturated rings. The Morgan fingerprint density at radius 1 is 0.700 bits per heavy atom. The van der Waals surface area contributed by atoms with Gasteiger partial charge in [-0.2, -0.15) is 0 Å². The zero-order valence-electron chi connectivity index (χ0n) is 14.0. The summed E-state index contributed by atoms with van der Waals surface area (Å²) in [6.45, 7) is 10.7. The van der Waals surface area contributed by atoms with E-state index in [2.05, 4.69) is 39.5 Å². The van der Waals surface area contributed by atoms with Crippen molar-refractivity contribution in [3.05, 3.63) is 11.8 Å². The molecule has 0 atom stereocenters. The molecule has 0 N–H and O–H groups in total. The second-order valence-corrected chi connectivity index (χ2v) is 7.45. The lowest BCUT2D eigenvalue weighted by Gasteiger charge is -2.26. The molecule has 0 aliphatic rings. The summed E-state index contributed by atoms with van der Waals surface area (Å²) < 4.78 is 18.0. The molecule has 0 heterocycles. The summed E-state index contributed by atoms with van der Waals surface area (Å²) in [4.78, 5) is 0. The maximum atomic E-state index is 6.00. The second kappa shape index (κ2) is 13.8. The van der Waals surface area contributed by atoms with Crippen LogP contribution in [0.25, 0.3) is 0 Å². The fourth-order valence-electron chi connectivity index (χ4n) is 1.74. The largest absolute Gasteiger partial charge is 0.529 e. The molecule has 0 saturated carbocycles. The van der Waals surface area contributed by atoms with Crippen LogP contribution in [-0.2, 0) is 13.3 Å². The molecule has 0 bridgehead atoms. The van der Waals surface area contributed by atoms with Gasteiger partial charge in [-0.05, 0) is 37.8 Å². The Bertz CT molecular complexity index is 210. The SMILES string of the molecule is CCCCCC=C[Si](OCCC)(OCCC)OCCC. The molecule has 0 aliphatic heterocycles. The van der Waals surface area contributed by atoms with E-state index in [0.29, 0.717) is 19.8 Å². The molecule has 3 nitrogen and oxygen atoms in total. The van der Waals surface area contributed by atoms with Crippen molar-refractivity contribution >= 4 is 8.80 Å². The second-order valence-electron chi connectivity index (χ2n) is 5.05. The Morgan fingerprint density at radius 3 is 1.60 bits per heavy atom. The highest BCUT2D eigenvalue weighted by atomic mass is 28.4. The molecular formula is C16H34O3Si.